The van der Waals surface area contributed by atoms with Crippen molar-refractivity contribution >= 4 is 0 Å². The predicted octanol–water partition coefficient (Wildman–Crippen LogP) is 2.63. The fourth-order valence-electron chi connectivity index (χ4n) is 2.28. The van der Waals surface area contributed by atoms with Crippen molar-refractivity contribution in [3.63, 3.8) is 0 Å². The summed E-state index contributed by atoms with van der Waals surface area (Å²) in [5.74, 6) is 1.54. The van der Waals surface area contributed by atoms with Gasteiger partial charge in [-0.15, -0.1) is 0 Å². The molecule has 1 aromatic carbocycles. The highest BCUT2D eigenvalue weighted by Crippen LogP contribution is 2.43. The first-order chi connectivity index (χ1) is 8.29. The lowest BCUT2D eigenvalue weighted by Gasteiger charge is -2.40. The first-order valence-corrected chi connectivity index (χ1v) is 6.16. The van der Waals surface area contributed by atoms with Crippen molar-refractivity contribution in [3.05, 3.63) is 24.3 Å². The molecule has 94 valence electrons. The van der Waals surface area contributed by atoms with E-state index in [1.54, 1.807) is 7.11 Å². The molecule has 1 aromatic rings. The van der Waals surface area contributed by atoms with Crippen LogP contribution >= 0.6 is 0 Å². The van der Waals surface area contributed by atoms with Crippen LogP contribution in [-0.2, 0) is 0 Å². The van der Waals surface area contributed by atoms with E-state index in [0.717, 1.165) is 30.8 Å². The minimum atomic E-state index is 0.127. The van der Waals surface area contributed by atoms with Crippen molar-refractivity contribution in [1.82, 2.24) is 0 Å². The SMILES string of the molecule is COc1ccccc1OCCC1(CO)CCC1. The Bertz CT molecular complexity index is 353. The van der Waals surface area contributed by atoms with E-state index < -0.39 is 0 Å². The summed E-state index contributed by atoms with van der Waals surface area (Å²) in [5.41, 5.74) is 0.127. The Morgan fingerprint density at radius 3 is 2.47 bits per heavy atom. The molecule has 3 heteroatoms. The molecule has 17 heavy (non-hydrogen) atoms. The Labute approximate surface area is 102 Å². The second-order valence-electron chi connectivity index (χ2n) is 4.76. The van der Waals surface area contributed by atoms with Crippen LogP contribution in [0, 0.1) is 5.41 Å². The third-order valence-electron chi connectivity index (χ3n) is 3.71. The molecule has 0 unspecified atom stereocenters. The molecule has 1 N–H and O–H groups in total. The highest BCUT2D eigenvalue weighted by molar-refractivity contribution is 5.39. The number of rotatable bonds is 6. The van der Waals surface area contributed by atoms with Gasteiger partial charge in [-0.1, -0.05) is 18.6 Å². The number of hydrogen-bond acceptors (Lipinski definition) is 3. The van der Waals surface area contributed by atoms with Gasteiger partial charge in [0.15, 0.2) is 11.5 Å². The van der Waals surface area contributed by atoms with Crippen LogP contribution < -0.4 is 9.47 Å². The molecule has 0 aliphatic heterocycles. The molecular weight excluding hydrogens is 216 g/mol. The lowest BCUT2D eigenvalue weighted by Crippen LogP contribution is -2.34. The van der Waals surface area contributed by atoms with Gasteiger partial charge in [-0.25, -0.2) is 0 Å². The van der Waals surface area contributed by atoms with E-state index in [-0.39, 0.29) is 12.0 Å². The number of ether oxygens (including phenoxy) is 2. The zero-order valence-corrected chi connectivity index (χ0v) is 10.3. The Balaban J connectivity index is 1.85. The summed E-state index contributed by atoms with van der Waals surface area (Å²) in [5, 5.41) is 9.35. The summed E-state index contributed by atoms with van der Waals surface area (Å²) in [4.78, 5) is 0. The predicted molar refractivity (Wildman–Crippen MR) is 66.5 cm³/mol. The van der Waals surface area contributed by atoms with Crippen LogP contribution in [0.3, 0.4) is 0 Å². The summed E-state index contributed by atoms with van der Waals surface area (Å²) in [6, 6.07) is 7.65. The van der Waals surface area contributed by atoms with E-state index in [2.05, 4.69) is 0 Å². The van der Waals surface area contributed by atoms with Crippen LogP contribution in [0.1, 0.15) is 25.7 Å². The van der Waals surface area contributed by atoms with E-state index >= 15 is 0 Å². The van der Waals surface area contributed by atoms with Crippen LogP contribution in [0.2, 0.25) is 0 Å². The summed E-state index contributed by atoms with van der Waals surface area (Å²) in [6.45, 7) is 0.920. The molecule has 0 heterocycles. The highest BCUT2D eigenvalue weighted by atomic mass is 16.5. The molecule has 2 rings (SSSR count). The molecule has 1 aliphatic rings. The molecule has 0 saturated heterocycles. The van der Waals surface area contributed by atoms with Gasteiger partial charge in [-0.2, -0.15) is 0 Å². The van der Waals surface area contributed by atoms with Gasteiger partial charge in [0.1, 0.15) is 0 Å². The van der Waals surface area contributed by atoms with Crippen LogP contribution in [-0.4, -0.2) is 25.4 Å². The van der Waals surface area contributed by atoms with Crippen molar-refractivity contribution in [2.75, 3.05) is 20.3 Å². The van der Waals surface area contributed by atoms with Gasteiger partial charge >= 0.3 is 0 Å². The van der Waals surface area contributed by atoms with E-state index in [0.29, 0.717) is 6.61 Å². The van der Waals surface area contributed by atoms with Gasteiger partial charge in [0, 0.05) is 6.61 Å². The van der Waals surface area contributed by atoms with Crippen molar-refractivity contribution in [1.29, 1.82) is 0 Å². The monoisotopic (exact) mass is 236 g/mol. The first kappa shape index (κ1) is 12.2. The third-order valence-corrected chi connectivity index (χ3v) is 3.71. The minimum absolute atomic E-state index is 0.127. The van der Waals surface area contributed by atoms with E-state index in [1.165, 1.54) is 6.42 Å². The van der Waals surface area contributed by atoms with E-state index in [4.69, 9.17) is 9.47 Å². The topological polar surface area (TPSA) is 38.7 Å². The normalized spacial score (nSPS) is 17.3. The van der Waals surface area contributed by atoms with Gasteiger partial charge in [-0.3, -0.25) is 0 Å². The Hall–Kier alpha value is -1.22. The average Bonchev–Trinajstić information content (AvgIpc) is 2.33. The number of aliphatic hydroxyl groups is 1. The van der Waals surface area contributed by atoms with Crippen LogP contribution in [0.15, 0.2) is 24.3 Å². The number of para-hydroxylation sites is 2. The molecule has 0 amide bonds. The number of methoxy groups -OCH3 is 1. The molecule has 3 nitrogen and oxygen atoms in total. The molecule has 0 aromatic heterocycles. The summed E-state index contributed by atoms with van der Waals surface area (Å²) < 4.78 is 10.9. The Morgan fingerprint density at radius 2 is 1.94 bits per heavy atom. The van der Waals surface area contributed by atoms with Crippen LogP contribution in [0.25, 0.3) is 0 Å². The summed E-state index contributed by atoms with van der Waals surface area (Å²) in [7, 11) is 1.64. The largest absolute Gasteiger partial charge is 0.493 e. The maximum atomic E-state index is 9.35. The Kier molecular flexibility index (Phi) is 3.89. The second-order valence-corrected chi connectivity index (χ2v) is 4.76. The zero-order chi connectivity index (χ0) is 12.1. The maximum Gasteiger partial charge on any atom is 0.161 e. The maximum absolute atomic E-state index is 9.35. The van der Waals surface area contributed by atoms with Crippen LogP contribution in [0.4, 0.5) is 0 Å². The smallest absolute Gasteiger partial charge is 0.161 e. The zero-order valence-electron chi connectivity index (χ0n) is 10.3. The van der Waals surface area contributed by atoms with Crippen molar-refractivity contribution < 1.29 is 14.6 Å². The summed E-state index contributed by atoms with van der Waals surface area (Å²) >= 11 is 0. The average molecular weight is 236 g/mol. The highest BCUT2D eigenvalue weighted by Gasteiger charge is 2.35. The standard InChI is InChI=1S/C14H20O3/c1-16-12-5-2-3-6-13(12)17-10-9-14(11-15)7-4-8-14/h2-3,5-6,15H,4,7-11H2,1H3. The second kappa shape index (κ2) is 5.41. The molecule has 0 bridgehead atoms. The van der Waals surface area contributed by atoms with Gasteiger partial charge in [-0.05, 0) is 36.8 Å². The number of hydrogen-bond donors (Lipinski definition) is 1. The number of aliphatic hydroxyl groups excluding tert-OH is 1. The fourth-order valence-corrected chi connectivity index (χ4v) is 2.28. The lowest BCUT2D eigenvalue weighted by molar-refractivity contribution is 0.0232. The fraction of sp³-hybridized carbons (Fsp3) is 0.571. The van der Waals surface area contributed by atoms with Gasteiger partial charge in [0.25, 0.3) is 0 Å². The van der Waals surface area contributed by atoms with Gasteiger partial charge < -0.3 is 14.6 Å². The van der Waals surface area contributed by atoms with Crippen LogP contribution in [0.5, 0.6) is 11.5 Å². The van der Waals surface area contributed by atoms with E-state index in [9.17, 15) is 5.11 Å². The molecule has 0 spiro atoms. The van der Waals surface area contributed by atoms with E-state index in [1.807, 2.05) is 24.3 Å². The molecular formula is C14H20O3. The molecule has 0 atom stereocenters. The van der Waals surface area contributed by atoms with Crippen molar-refractivity contribution in [3.8, 4) is 11.5 Å². The Morgan fingerprint density at radius 1 is 1.24 bits per heavy atom. The first-order valence-electron chi connectivity index (χ1n) is 6.16. The molecule has 1 fully saturated rings. The molecule has 1 saturated carbocycles. The third kappa shape index (κ3) is 2.72. The summed E-state index contributed by atoms with van der Waals surface area (Å²) in [6.07, 6.45) is 4.40. The quantitative estimate of drug-likeness (QED) is 0.825. The molecule has 0 radical (unpaired) electrons. The molecule has 1 aliphatic carbocycles. The lowest BCUT2D eigenvalue weighted by atomic mass is 9.67. The van der Waals surface area contributed by atoms with Crippen molar-refractivity contribution in [2.24, 2.45) is 5.41 Å². The van der Waals surface area contributed by atoms with Gasteiger partial charge in [0.05, 0.1) is 13.7 Å². The number of benzene rings is 1. The minimum Gasteiger partial charge on any atom is -0.493 e. The van der Waals surface area contributed by atoms with Gasteiger partial charge in [0.2, 0.25) is 0 Å². The van der Waals surface area contributed by atoms with Crippen molar-refractivity contribution in [2.45, 2.75) is 25.7 Å².